The fourth-order valence-corrected chi connectivity index (χ4v) is 1.93. The molecule has 19 heavy (non-hydrogen) atoms. The highest BCUT2D eigenvalue weighted by Crippen LogP contribution is 2.20. The molecule has 106 valence electrons. The van der Waals surface area contributed by atoms with Gasteiger partial charge in [0.25, 0.3) is 0 Å². The van der Waals surface area contributed by atoms with Crippen molar-refractivity contribution < 1.29 is 0 Å². The lowest BCUT2D eigenvalue weighted by Crippen LogP contribution is -2.10. The highest BCUT2D eigenvalue weighted by molar-refractivity contribution is 5.86. The smallest absolute Gasteiger partial charge is 0.00111 e. The van der Waals surface area contributed by atoms with Crippen molar-refractivity contribution in [3.63, 3.8) is 0 Å². The van der Waals surface area contributed by atoms with E-state index in [0.717, 1.165) is 13.0 Å². The molecule has 0 heterocycles. The summed E-state index contributed by atoms with van der Waals surface area (Å²) in [6.07, 6.45) is 1.09. The Balaban J connectivity index is 0.000000741. The lowest BCUT2D eigenvalue weighted by molar-refractivity contribution is 0.795. The molecule has 2 rings (SSSR count). The molecule has 0 amide bonds. The van der Waals surface area contributed by atoms with Crippen LogP contribution in [0.3, 0.4) is 0 Å². The first kappa shape index (κ1) is 17.7. The highest BCUT2D eigenvalue weighted by atomic mass is 14.8. The van der Waals surface area contributed by atoms with Crippen molar-refractivity contribution in [3.05, 3.63) is 47.5 Å². The zero-order chi connectivity index (χ0) is 14.7. The highest BCUT2D eigenvalue weighted by Gasteiger charge is 2.00. The number of fused-ring (bicyclic) bond motifs is 1. The second-order valence-electron chi connectivity index (χ2n) is 4.00. The summed E-state index contributed by atoms with van der Waals surface area (Å²) in [6, 6.07) is 13.2. The lowest BCUT2D eigenvalue weighted by Gasteiger charge is -2.07. The summed E-state index contributed by atoms with van der Waals surface area (Å²) >= 11 is 0. The summed E-state index contributed by atoms with van der Waals surface area (Å²) < 4.78 is 0. The number of rotatable bonds is 3. The molecule has 0 aliphatic rings. The van der Waals surface area contributed by atoms with Crippen molar-refractivity contribution in [1.29, 1.82) is 0 Å². The second-order valence-corrected chi connectivity index (χ2v) is 4.00. The maximum Gasteiger partial charge on any atom is -0.00111 e. The minimum atomic E-state index is 1.03. The van der Waals surface area contributed by atoms with Gasteiger partial charge >= 0.3 is 0 Å². The standard InChI is InChI=1S/C14H17N.2C2H6/c1-11-6-7-12-4-3-5-13(8-9-15-2)14(12)10-11;2*1-2/h3-7,10,15H,8-9H2,1-2H3;2*1-2H3. The van der Waals surface area contributed by atoms with E-state index in [1.165, 1.54) is 21.9 Å². The van der Waals surface area contributed by atoms with Gasteiger partial charge in [-0.1, -0.05) is 69.7 Å². The van der Waals surface area contributed by atoms with Crippen LogP contribution in [0.4, 0.5) is 0 Å². The van der Waals surface area contributed by atoms with Crippen molar-refractivity contribution >= 4 is 10.8 Å². The van der Waals surface area contributed by atoms with Gasteiger partial charge in [0.15, 0.2) is 0 Å². The molecule has 0 fully saturated rings. The molecule has 2 aromatic rings. The topological polar surface area (TPSA) is 12.0 Å². The molecule has 1 nitrogen and oxygen atoms in total. The van der Waals surface area contributed by atoms with Crippen molar-refractivity contribution in [2.45, 2.75) is 41.0 Å². The molecule has 1 N–H and O–H groups in total. The predicted molar refractivity (Wildman–Crippen MR) is 89.0 cm³/mol. The fraction of sp³-hybridized carbons (Fsp3) is 0.444. The molecule has 0 spiro atoms. The van der Waals surface area contributed by atoms with E-state index in [-0.39, 0.29) is 0 Å². The van der Waals surface area contributed by atoms with E-state index in [4.69, 9.17) is 0 Å². The number of nitrogens with one attached hydrogen (secondary N) is 1. The van der Waals surface area contributed by atoms with Gasteiger partial charge in [0.2, 0.25) is 0 Å². The van der Waals surface area contributed by atoms with Crippen molar-refractivity contribution in [1.82, 2.24) is 5.32 Å². The van der Waals surface area contributed by atoms with Crippen LogP contribution in [-0.4, -0.2) is 13.6 Å². The number of hydrogen-bond acceptors (Lipinski definition) is 1. The summed E-state index contributed by atoms with van der Waals surface area (Å²) in [6.45, 7) is 11.2. The Morgan fingerprint density at radius 3 is 2.26 bits per heavy atom. The second kappa shape index (κ2) is 10.6. The molecule has 0 aromatic heterocycles. The number of likely N-dealkylation sites (N-methyl/N-ethyl adjacent to an activating group) is 1. The minimum absolute atomic E-state index is 1.03. The largest absolute Gasteiger partial charge is 0.319 e. The van der Waals surface area contributed by atoms with Crippen LogP contribution in [-0.2, 0) is 6.42 Å². The van der Waals surface area contributed by atoms with Crippen LogP contribution in [0.1, 0.15) is 38.8 Å². The maximum atomic E-state index is 3.20. The first-order valence-corrected chi connectivity index (χ1v) is 7.44. The Hall–Kier alpha value is -1.34. The SMILES string of the molecule is CC.CC.CNCCc1cccc2ccc(C)cc12. The molecule has 1 heteroatoms. The number of hydrogen-bond donors (Lipinski definition) is 1. The van der Waals surface area contributed by atoms with E-state index >= 15 is 0 Å². The lowest BCUT2D eigenvalue weighted by atomic mass is 10.0. The summed E-state index contributed by atoms with van der Waals surface area (Å²) in [5.74, 6) is 0. The normalized spacial score (nSPS) is 9.16. The van der Waals surface area contributed by atoms with Gasteiger partial charge < -0.3 is 5.32 Å². The molecule has 0 bridgehead atoms. The summed E-state index contributed by atoms with van der Waals surface area (Å²) in [5, 5.41) is 5.93. The van der Waals surface area contributed by atoms with Gasteiger partial charge in [0.1, 0.15) is 0 Å². The summed E-state index contributed by atoms with van der Waals surface area (Å²) in [5.41, 5.74) is 2.77. The number of aryl methyl sites for hydroxylation is 1. The molecule has 0 aliphatic carbocycles. The van der Waals surface area contributed by atoms with E-state index < -0.39 is 0 Å². The Kier molecular flexibility index (Phi) is 9.82. The van der Waals surface area contributed by atoms with E-state index in [9.17, 15) is 0 Å². The van der Waals surface area contributed by atoms with Crippen LogP contribution in [0.15, 0.2) is 36.4 Å². The first-order valence-electron chi connectivity index (χ1n) is 7.44. The third-order valence-corrected chi connectivity index (χ3v) is 2.77. The van der Waals surface area contributed by atoms with Gasteiger partial charge in [-0.05, 0) is 43.3 Å². The van der Waals surface area contributed by atoms with Gasteiger partial charge in [0, 0.05) is 0 Å². The molecule has 0 aliphatic heterocycles. The molecule has 0 saturated carbocycles. The Bertz CT molecular complexity index is 460. The molecule has 2 aromatic carbocycles. The van der Waals surface area contributed by atoms with E-state index in [0.29, 0.717) is 0 Å². The van der Waals surface area contributed by atoms with Crippen molar-refractivity contribution in [2.24, 2.45) is 0 Å². The van der Waals surface area contributed by atoms with Crippen LogP contribution in [0.25, 0.3) is 10.8 Å². The van der Waals surface area contributed by atoms with Crippen LogP contribution in [0, 0.1) is 6.92 Å². The maximum absolute atomic E-state index is 3.20. The molecular weight excluding hydrogens is 230 g/mol. The van der Waals surface area contributed by atoms with E-state index in [2.05, 4.69) is 48.6 Å². The quantitative estimate of drug-likeness (QED) is 0.821. The monoisotopic (exact) mass is 259 g/mol. The van der Waals surface area contributed by atoms with Crippen LogP contribution >= 0.6 is 0 Å². The molecule has 0 atom stereocenters. The first-order chi connectivity index (χ1) is 9.31. The van der Waals surface area contributed by atoms with E-state index in [1.807, 2.05) is 34.7 Å². The zero-order valence-corrected chi connectivity index (χ0v) is 13.4. The van der Waals surface area contributed by atoms with Gasteiger partial charge in [-0.3, -0.25) is 0 Å². The van der Waals surface area contributed by atoms with Crippen molar-refractivity contribution in [3.8, 4) is 0 Å². The molecule has 0 radical (unpaired) electrons. The van der Waals surface area contributed by atoms with Crippen LogP contribution < -0.4 is 5.32 Å². The summed E-state index contributed by atoms with van der Waals surface area (Å²) in [7, 11) is 2.00. The van der Waals surface area contributed by atoms with Gasteiger partial charge in [-0.25, -0.2) is 0 Å². The van der Waals surface area contributed by atoms with E-state index in [1.54, 1.807) is 0 Å². The van der Waals surface area contributed by atoms with Crippen molar-refractivity contribution in [2.75, 3.05) is 13.6 Å². The van der Waals surface area contributed by atoms with Crippen LogP contribution in [0.5, 0.6) is 0 Å². The average Bonchev–Trinajstić information content (AvgIpc) is 2.49. The Morgan fingerprint density at radius 1 is 0.947 bits per heavy atom. The minimum Gasteiger partial charge on any atom is -0.319 e. The third-order valence-electron chi connectivity index (χ3n) is 2.77. The number of benzene rings is 2. The molecular formula is C18H29N. The Morgan fingerprint density at radius 2 is 1.63 bits per heavy atom. The third kappa shape index (κ3) is 5.44. The van der Waals surface area contributed by atoms with Crippen LogP contribution in [0.2, 0.25) is 0 Å². The zero-order valence-electron chi connectivity index (χ0n) is 13.4. The molecule has 0 unspecified atom stereocenters. The average molecular weight is 259 g/mol. The predicted octanol–water partition coefficient (Wildman–Crippen LogP) is 4.96. The van der Waals surface area contributed by atoms with Gasteiger partial charge in [-0.2, -0.15) is 0 Å². The molecule has 0 saturated heterocycles. The Labute approximate surface area is 119 Å². The fourth-order valence-electron chi connectivity index (χ4n) is 1.93. The van der Waals surface area contributed by atoms with Gasteiger partial charge in [-0.15, -0.1) is 0 Å². The summed E-state index contributed by atoms with van der Waals surface area (Å²) in [4.78, 5) is 0. The van der Waals surface area contributed by atoms with Gasteiger partial charge in [0.05, 0.1) is 0 Å².